The van der Waals surface area contributed by atoms with E-state index in [1.54, 1.807) is 0 Å². The number of anilines is 1. The quantitative estimate of drug-likeness (QED) is 0.741. The highest BCUT2D eigenvalue weighted by Gasteiger charge is 2.11. The molecule has 2 heteroatoms. The Balaban J connectivity index is 2.96. The third kappa shape index (κ3) is 3.65. The van der Waals surface area contributed by atoms with Gasteiger partial charge in [0.1, 0.15) is 5.75 Å². The highest BCUT2D eigenvalue weighted by molar-refractivity contribution is 5.57. The van der Waals surface area contributed by atoms with Gasteiger partial charge in [-0.3, -0.25) is 0 Å². The van der Waals surface area contributed by atoms with Crippen LogP contribution in [-0.4, -0.2) is 13.7 Å². The summed E-state index contributed by atoms with van der Waals surface area (Å²) in [6, 6.07) is 4.36. The molecule has 1 aromatic rings. The van der Waals surface area contributed by atoms with Crippen LogP contribution in [0.1, 0.15) is 50.7 Å². The van der Waals surface area contributed by atoms with Crippen molar-refractivity contribution in [1.29, 1.82) is 0 Å². The van der Waals surface area contributed by atoms with Gasteiger partial charge in [-0.1, -0.05) is 27.2 Å². The summed E-state index contributed by atoms with van der Waals surface area (Å²) < 4.78 is 5.89. The first-order valence-corrected chi connectivity index (χ1v) is 6.55. The number of rotatable bonds is 6. The zero-order chi connectivity index (χ0) is 12.8. The van der Waals surface area contributed by atoms with Gasteiger partial charge in [0.2, 0.25) is 0 Å². The SMILES string of the molecule is CCCCOc1cc(C)c(NC)cc1C(C)C. The largest absolute Gasteiger partial charge is 0.493 e. The molecule has 1 aromatic carbocycles. The maximum Gasteiger partial charge on any atom is 0.123 e. The summed E-state index contributed by atoms with van der Waals surface area (Å²) in [5.41, 5.74) is 3.72. The molecule has 0 amide bonds. The average Bonchev–Trinajstić information content (AvgIpc) is 2.29. The summed E-state index contributed by atoms with van der Waals surface area (Å²) in [7, 11) is 1.96. The number of hydrogen-bond acceptors (Lipinski definition) is 2. The van der Waals surface area contributed by atoms with Crippen LogP contribution in [0.3, 0.4) is 0 Å². The minimum atomic E-state index is 0.485. The Morgan fingerprint density at radius 2 is 2.00 bits per heavy atom. The molecule has 17 heavy (non-hydrogen) atoms. The van der Waals surface area contributed by atoms with E-state index in [-0.39, 0.29) is 0 Å². The molecule has 0 saturated carbocycles. The van der Waals surface area contributed by atoms with Crippen LogP contribution in [0.15, 0.2) is 12.1 Å². The van der Waals surface area contributed by atoms with Crippen LogP contribution in [-0.2, 0) is 0 Å². The molecular formula is C15H25NO. The summed E-state index contributed by atoms with van der Waals surface area (Å²) >= 11 is 0. The molecule has 0 heterocycles. The van der Waals surface area contributed by atoms with Crippen LogP contribution in [0.5, 0.6) is 5.75 Å². The fourth-order valence-corrected chi connectivity index (χ4v) is 1.87. The Labute approximate surface area is 105 Å². The molecule has 96 valence electrons. The molecule has 0 unspecified atom stereocenters. The number of unbranched alkanes of at least 4 members (excludes halogenated alkanes) is 1. The summed E-state index contributed by atoms with van der Waals surface area (Å²) in [5, 5.41) is 3.23. The fourth-order valence-electron chi connectivity index (χ4n) is 1.87. The lowest BCUT2D eigenvalue weighted by Gasteiger charge is -2.17. The van der Waals surface area contributed by atoms with Crippen molar-refractivity contribution < 1.29 is 4.74 Å². The number of ether oxygens (including phenoxy) is 1. The highest BCUT2D eigenvalue weighted by Crippen LogP contribution is 2.32. The molecular weight excluding hydrogens is 210 g/mol. The molecule has 0 aliphatic heterocycles. The van der Waals surface area contributed by atoms with Crippen LogP contribution >= 0.6 is 0 Å². The second-order valence-electron chi connectivity index (χ2n) is 4.81. The van der Waals surface area contributed by atoms with Crippen molar-refractivity contribution in [2.24, 2.45) is 0 Å². The third-order valence-corrected chi connectivity index (χ3v) is 3.00. The Kier molecular flexibility index (Phi) is 5.33. The van der Waals surface area contributed by atoms with E-state index in [1.807, 2.05) is 7.05 Å². The van der Waals surface area contributed by atoms with Gasteiger partial charge in [-0.25, -0.2) is 0 Å². The number of nitrogens with one attached hydrogen (secondary N) is 1. The second-order valence-corrected chi connectivity index (χ2v) is 4.81. The van der Waals surface area contributed by atoms with Crippen molar-refractivity contribution >= 4 is 5.69 Å². The normalized spacial score (nSPS) is 10.7. The lowest BCUT2D eigenvalue weighted by molar-refractivity contribution is 0.305. The van der Waals surface area contributed by atoms with Crippen molar-refractivity contribution in [2.75, 3.05) is 19.0 Å². The van der Waals surface area contributed by atoms with Gasteiger partial charge in [-0.2, -0.15) is 0 Å². The minimum absolute atomic E-state index is 0.485. The minimum Gasteiger partial charge on any atom is -0.493 e. The lowest BCUT2D eigenvalue weighted by atomic mass is 9.99. The number of aryl methyl sites for hydroxylation is 1. The van der Waals surface area contributed by atoms with Crippen LogP contribution in [0.4, 0.5) is 5.69 Å². The first-order valence-electron chi connectivity index (χ1n) is 6.55. The van der Waals surface area contributed by atoms with Crippen LogP contribution in [0.2, 0.25) is 0 Å². The predicted molar refractivity (Wildman–Crippen MR) is 75.2 cm³/mol. The van der Waals surface area contributed by atoms with Gasteiger partial charge in [0.05, 0.1) is 6.61 Å². The molecule has 0 aliphatic rings. The van der Waals surface area contributed by atoms with E-state index in [0.717, 1.165) is 18.8 Å². The molecule has 0 spiro atoms. The van der Waals surface area contributed by atoms with Crippen LogP contribution in [0.25, 0.3) is 0 Å². The predicted octanol–water partition coefficient (Wildman–Crippen LogP) is 4.34. The molecule has 1 N–H and O–H groups in total. The Hall–Kier alpha value is -1.18. The van der Waals surface area contributed by atoms with Crippen LogP contribution < -0.4 is 10.1 Å². The number of hydrogen-bond donors (Lipinski definition) is 1. The molecule has 0 fully saturated rings. The van der Waals surface area contributed by atoms with E-state index in [4.69, 9.17) is 4.74 Å². The maximum atomic E-state index is 5.89. The topological polar surface area (TPSA) is 21.3 Å². The van der Waals surface area contributed by atoms with E-state index in [2.05, 4.69) is 45.1 Å². The summed E-state index contributed by atoms with van der Waals surface area (Å²) in [5.74, 6) is 1.53. The molecule has 0 radical (unpaired) electrons. The fraction of sp³-hybridized carbons (Fsp3) is 0.600. The summed E-state index contributed by atoms with van der Waals surface area (Å²) in [6.45, 7) is 9.52. The number of benzene rings is 1. The van der Waals surface area contributed by atoms with Crippen molar-refractivity contribution in [1.82, 2.24) is 0 Å². The lowest BCUT2D eigenvalue weighted by Crippen LogP contribution is -2.03. The smallest absolute Gasteiger partial charge is 0.123 e. The summed E-state index contributed by atoms with van der Waals surface area (Å²) in [4.78, 5) is 0. The third-order valence-electron chi connectivity index (χ3n) is 3.00. The van der Waals surface area contributed by atoms with Crippen molar-refractivity contribution in [3.8, 4) is 5.75 Å². The van der Waals surface area contributed by atoms with Crippen molar-refractivity contribution in [2.45, 2.75) is 46.5 Å². The summed E-state index contributed by atoms with van der Waals surface area (Å²) in [6.07, 6.45) is 2.29. The van der Waals surface area contributed by atoms with Gasteiger partial charge >= 0.3 is 0 Å². The molecule has 0 saturated heterocycles. The molecule has 0 aromatic heterocycles. The van der Waals surface area contributed by atoms with Crippen LogP contribution in [0, 0.1) is 6.92 Å². The Bertz CT molecular complexity index is 358. The van der Waals surface area contributed by atoms with Gasteiger partial charge in [0.25, 0.3) is 0 Å². The zero-order valence-corrected chi connectivity index (χ0v) is 11.8. The van der Waals surface area contributed by atoms with Gasteiger partial charge in [0, 0.05) is 12.7 Å². The first kappa shape index (κ1) is 13.9. The van der Waals surface area contributed by atoms with Crippen molar-refractivity contribution in [3.63, 3.8) is 0 Å². The van der Waals surface area contributed by atoms with E-state index in [9.17, 15) is 0 Å². The molecule has 0 atom stereocenters. The van der Waals surface area contributed by atoms with Gasteiger partial charge in [-0.05, 0) is 42.5 Å². The second kappa shape index (κ2) is 6.53. The van der Waals surface area contributed by atoms with Gasteiger partial charge in [0.15, 0.2) is 0 Å². The molecule has 0 bridgehead atoms. The van der Waals surface area contributed by atoms with Crippen molar-refractivity contribution in [3.05, 3.63) is 23.3 Å². The average molecular weight is 235 g/mol. The van der Waals surface area contributed by atoms with E-state index < -0.39 is 0 Å². The van der Waals surface area contributed by atoms with Gasteiger partial charge < -0.3 is 10.1 Å². The Morgan fingerprint density at radius 1 is 1.29 bits per heavy atom. The van der Waals surface area contributed by atoms with E-state index in [0.29, 0.717) is 5.92 Å². The van der Waals surface area contributed by atoms with E-state index in [1.165, 1.54) is 23.2 Å². The highest BCUT2D eigenvalue weighted by atomic mass is 16.5. The molecule has 1 rings (SSSR count). The standard InChI is InChI=1S/C15H25NO/c1-6-7-8-17-15-9-12(4)14(16-5)10-13(15)11(2)3/h9-11,16H,6-8H2,1-5H3. The molecule has 0 aliphatic carbocycles. The van der Waals surface area contributed by atoms with E-state index >= 15 is 0 Å². The maximum absolute atomic E-state index is 5.89. The Morgan fingerprint density at radius 3 is 2.53 bits per heavy atom. The molecule has 2 nitrogen and oxygen atoms in total. The first-order chi connectivity index (χ1) is 8.10. The monoisotopic (exact) mass is 235 g/mol. The van der Waals surface area contributed by atoms with Gasteiger partial charge in [-0.15, -0.1) is 0 Å². The zero-order valence-electron chi connectivity index (χ0n) is 11.8.